The van der Waals surface area contributed by atoms with Crippen molar-refractivity contribution in [2.45, 2.75) is 44.8 Å². The Kier molecular flexibility index (Phi) is 3.82. The smallest absolute Gasteiger partial charge is 0.410 e. The van der Waals surface area contributed by atoms with Crippen molar-refractivity contribution in [1.29, 1.82) is 0 Å². The van der Waals surface area contributed by atoms with Gasteiger partial charge < -0.3 is 19.1 Å². The third-order valence-electron chi connectivity index (χ3n) is 3.19. The van der Waals surface area contributed by atoms with Gasteiger partial charge in [0.25, 0.3) is 0 Å². The van der Waals surface area contributed by atoms with Crippen molar-refractivity contribution in [2.24, 2.45) is 0 Å². The summed E-state index contributed by atoms with van der Waals surface area (Å²) >= 11 is 0. The molecule has 2 aliphatic heterocycles. The summed E-state index contributed by atoms with van der Waals surface area (Å²) in [6.07, 6.45) is 1.71. The van der Waals surface area contributed by atoms with Gasteiger partial charge in [-0.15, -0.1) is 0 Å². The standard InChI is InChI=1S/C13H23NO4/c1-12(2,3)18-11(15)14-6-8-16-10-13(9-14)5-4-7-17-13/h4-10H2,1-3H3/t13-/m0/s1. The SMILES string of the molecule is CC(C)(C)OC(=O)N1CCOC[C@]2(CCCO2)C1. The van der Waals surface area contributed by atoms with E-state index in [0.717, 1.165) is 19.4 Å². The zero-order valence-corrected chi connectivity index (χ0v) is 11.5. The van der Waals surface area contributed by atoms with Gasteiger partial charge in [-0.1, -0.05) is 0 Å². The van der Waals surface area contributed by atoms with Crippen LogP contribution in [0.25, 0.3) is 0 Å². The van der Waals surface area contributed by atoms with E-state index in [0.29, 0.717) is 26.3 Å². The number of carbonyl (C=O) groups excluding carboxylic acids is 1. The minimum atomic E-state index is -0.464. The molecule has 18 heavy (non-hydrogen) atoms. The Morgan fingerprint density at radius 3 is 2.72 bits per heavy atom. The van der Waals surface area contributed by atoms with Crippen molar-refractivity contribution in [3.8, 4) is 0 Å². The molecule has 5 nitrogen and oxygen atoms in total. The molecule has 5 heteroatoms. The van der Waals surface area contributed by atoms with E-state index in [1.54, 1.807) is 4.90 Å². The van der Waals surface area contributed by atoms with Crippen molar-refractivity contribution >= 4 is 6.09 Å². The first-order valence-corrected chi connectivity index (χ1v) is 6.60. The Morgan fingerprint density at radius 2 is 2.11 bits per heavy atom. The van der Waals surface area contributed by atoms with Crippen molar-refractivity contribution < 1.29 is 19.0 Å². The molecule has 2 saturated heterocycles. The van der Waals surface area contributed by atoms with Gasteiger partial charge in [-0.3, -0.25) is 0 Å². The molecule has 0 aliphatic carbocycles. The quantitative estimate of drug-likeness (QED) is 0.664. The fraction of sp³-hybridized carbons (Fsp3) is 0.923. The van der Waals surface area contributed by atoms with E-state index < -0.39 is 5.60 Å². The van der Waals surface area contributed by atoms with Crippen LogP contribution in [0.1, 0.15) is 33.6 Å². The maximum Gasteiger partial charge on any atom is 0.410 e. The molecule has 0 bridgehead atoms. The minimum absolute atomic E-state index is 0.275. The summed E-state index contributed by atoms with van der Waals surface area (Å²) in [6.45, 7) is 8.65. The number of hydrogen-bond acceptors (Lipinski definition) is 4. The second-order valence-corrected chi connectivity index (χ2v) is 6.09. The predicted octanol–water partition coefficient (Wildman–Crippen LogP) is 1.80. The highest BCUT2D eigenvalue weighted by Gasteiger charge is 2.41. The van der Waals surface area contributed by atoms with Crippen molar-refractivity contribution in [3.63, 3.8) is 0 Å². The van der Waals surface area contributed by atoms with Crippen molar-refractivity contribution in [3.05, 3.63) is 0 Å². The van der Waals surface area contributed by atoms with E-state index in [4.69, 9.17) is 14.2 Å². The first-order valence-electron chi connectivity index (χ1n) is 6.60. The second-order valence-electron chi connectivity index (χ2n) is 6.09. The van der Waals surface area contributed by atoms with E-state index in [2.05, 4.69) is 0 Å². The van der Waals surface area contributed by atoms with Crippen LogP contribution in [0.15, 0.2) is 0 Å². The molecule has 0 aromatic heterocycles. The lowest BCUT2D eigenvalue weighted by molar-refractivity contribution is -0.0573. The summed E-state index contributed by atoms with van der Waals surface area (Å²) in [5, 5.41) is 0. The number of nitrogens with zero attached hydrogens (tertiary/aromatic N) is 1. The highest BCUT2D eigenvalue weighted by molar-refractivity contribution is 5.68. The molecule has 2 heterocycles. The zero-order chi connectivity index (χ0) is 13.2. The summed E-state index contributed by atoms with van der Waals surface area (Å²) in [6, 6.07) is 0. The number of carbonyl (C=O) groups is 1. The van der Waals surface area contributed by atoms with Crippen molar-refractivity contribution in [2.75, 3.05) is 32.9 Å². The average Bonchev–Trinajstić information content (AvgIpc) is 2.57. The van der Waals surface area contributed by atoms with E-state index in [9.17, 15) is 4.79 Å². The highest BCUT2D eigenvalue weighted by atomic mass is 16.6. The van der Waals surface area contributed by atoms with Crippen LogP contribution >= 0.6 is 0 Å². The Labute approximate surface area is 108 Å². The second kappa shape index (κ2) is 5.05. The topological polar surface area (TPSA) is 48.0 Å². The van der Waals surface area contributed by atoms with Crippen LogP contribution in [0.3, 0.4) is 0 Å². The van der Waals surface area contributed by atoms with Gasteiger partial charge in [0.05, 0.1) is 19.8 Å². The van der Waals surface area contributed by atoms with E-state index in [-0.39, 0.29) is 11.7 Å². The largest absolute Gasteiger partial charge is 0.444 e. The number of hydrogen-bond donors (Lipinski definition) is 0. The Balaban J connectivity index is 2.01. The first kappa shape index (κ1) is 13.6. The summed E-state index contributed by atoms with van der Waals surface area (Å²) < 4.78 is 16.8. The van der Waals surface area contributed by atoms with Crippen LogP contribution in [-0.2, 0) is 14.2 Å². The number of ether oxygens (including phenoxy) is 3. The van der Waals surface area contributed by atoms with Crippen molar-refractivity contribution in [1.82, 2.24) is 4.90 Å². The molecule has 0 aromatic rings. The van der Waals surface area contributed by atoms with Crippen LogP contribution in [0, 0.1) is 0 Å². The van der Waals surface area contributed by atoms with Gasteiger partial charge in [0.2, 0.25) is 0 Å². The van der Waals surface area contributed by atoms with Gasteiger partial charge in [0, 0.05) is 13.2 Å². The molecule has 0 radical (unpaired) electrons. The lowest BCUT2D eigenvalue weighted by atomic mass is 10.0. The number of rotatable bonds is 0. The van der Waals surface area contributed by atoms with Crippen LogP contribution in [0.2, 0.25) is 0 Å². The third-order valence-corrected chi connectivity index (χ3v) is 3.19. The fourth-order valence-corrected chi connectivity index (χ4v) is 2.38. The molecular formula is C13H23NO4. The molecule has 104 valence electrons. The van der Waals surface area contributed by atoms with Gasteiger partial charge in [-0.05, 0) is 33.6 Å². The van der Waals surface area contributed by atoms with E-state index in [1.165, 1.54) is 0 Å². The minimum Gasteiger partial charge on any atom is -0.444 e. The Hall–Kier alpha value is -0.810. The predicted molar refractivity (Wildman–Crippen MR) is 66.5 cm³/mol. The lowest BCUT2D eigenvalue weighted by Crippen LogP contribution is -2.47. The highest BCUT2D eigenvalue weighted by Crippen LogP contribution is 2.29. The van der Waals surface area contributed by atoms with Crippen LogP contribution < -0.4 is 0 Å². The van der Waals surface area contributed by atoms with Crippen LogP contribution in [0.4, 0.5) is 4.79 Å². The lowest BCUT2D eigenvalue weighted by Gasteiger charge is -2.32. The maximum absolute atomic E-state index is 12.1. The molecule has 0 saturated carbocycles. The molecule has 1 spiro atoms. The fourth-order valence-electron chi connectivity index (χ4n) is 2.38. The number of amides is 1. The molecule has 2 rings (SSSR count). The molecule has 2 aliphatic rings. The maximum atomic E-state index is 12.1. The summed E-state index contributed by atoms with van der Waals surface area (Å²) in [5.74, 6) is 0. The third kappa shape index (κ3) is 3.36. The Bertz CT molecular complexity index is 305. The normalized spacial score (nSPS) is 29.4. The summed E-state index contributed by atoms with van der Waals surface area (Å²) in [5.41, 5.74) is -0.776. The van der Waals surface area contributed by atoms with Gasteiger partial charge in [-0.2, -0.15) is 0 Å². The molecule has 1 amide bonds. The molecule has 0 aromatic carbocycles. The van der Waals surface area contributed by atoms with E-state index >= 15 is 0 Å². The van der Waals surface area contributed by atoms with Gasteiger partial charge >= 0.3 is 6.09 Å². The molecule has 0 unspecified atom stereocenters. The Morgan fingerprint density at radius 1 is 1.33 bits per heavy atom. The zero-order valence-electron chi connectivity index (χ0n) is 11.5. The summed E-state index contributed by atoms with van der Waals surface area (Å²) in [4.78, 5) is 13.8. The van der Waals surface area contributed by atoms with Gasteiger partial charge in [-0.25, -0.2) is 4.79 Å². The van der Waals surface area contributed by atoms with Gasteiger partial charge in [0.15, 0.2) is 0 Å². The molecular weight excluding hydrogens is 234 g/mol. The van der Waals surface area contributed by atoms with Crippen LogP contribution in [-0.4, -0.2) is 55.1 Å². The summed E-state index contributed by atoms with van der Waals surface area (Å²) in [7, 11) is 0. The van der Waals surface area contributed by atoms with Gasteiger partial charge in [0.1, 0.15) is 11.2 Å². The molecule has 0 N–H and O–H groups in total. The van der Waals surface area contributed by atoms with E-state index in [1.807, 2.05) is 20.8 Å². The monoisotopic (exact) mass is 257 g/mol. The molecule has 1 atom stereocenters. The average molecular weight is 257 g/mol. The van der Waals surface area contributed by atoms with Crippen LogP contribution in [0.5, 0.6) is 0 Å². The molecule has 2 fully saturated rings. The first-order chi connectivity index (χ1) is 8.40.